The summed E-state index contributed by atoms with van der Waals surface area (Å²) in [6.07, 6.45) is 9.57. The van der Waals surface area contributed by atoms with Gasteiger partial charge in [0.1, 0.15) is 12.4 Å². The number of aromatic nitrogens is 1. The molecule has 9 nitrogen and oxygen atoms in total. The number of hydrogen-bond donors (Lipinski definition) is 1. The molecule has 0 atom stereocenters. The van der Waals surface area contributed by atoms with E-state index in [1.54, 1.807) is 4.90 Å². The molecule has 0 unspecified atom stereocenters. The summed E-state index contributed by atoms with van der Waals surface area (Å²) in [6, 6.07) is 13.3. The first kappa shape index (κ1) is 27.6. The number of pyridine rings is 1. The van der Waals surface area contributed by atoms with E-state index >= 15 is 0 Å². The zero-order chi connectivity index (χ0) is 27.8. The van der Waals surface area contributed by atoms with Gasteiger partial charge in [-0.1, -0.05) is 36.8 Å². The van der Waals surface area contributed by atoms with Crippen molar-refractivity contribution in [3.8, 4) is 0 Å². The molecule has 0 radical (unpaired) electrons. The van der Waals surface area contributed by atoms with E-state index < -0.39 is 9.84 Å². The number of urea groups is 1. The average molecular weight is 554 g/mol. The van der Waals surface area contributed by atoms with Gasteiger partial charge in [-0.05, 0) is 76.2 Å². The first-order chi connectivity index (χ1) is 18.5. The number of amides is 3. The van der Waals surface area contributed by atoms with Gasteiger partial charge in [-0.25, -0.2) is 18.2 Å². The van der Waals surface area contributed by atoms with E-state index in [9.17, 15) is 18.0 Å². The molecule has 2 saturated carbocycles. The number of carbonyl (C=O) groups excluding carboxylic acids is 2. The molecule has 10 heteroatoms. The summed E-state index contributed by atoms with van der Waals surface area (Å²) in [5.41, 5.74) is 0.925. The van der Waals surface area contributed by atoms with Crippen LogP contribution in [0.5, 0.6) is 0 Å². The number of rotatable bonds is 8. The molecule has 0 bridgehead atoms. The lowest BCUT2D eigenvalue weighted by Gasteiger charge is -2.51. The molecule has 1 saturated heterocycles. The summed E-state index contributed by atoms with van der Waals surface area (Å²) in [7, 11) is 0.850. The first-order valence-electron chi connectivity index (χ1n) is 13.8. The van der Waals surface area contributed by atoms with Gasteiger partial charge in [-0.15, -0.1) is 0 Å². The Balaban J connectivity index is 1.33. The fourth-order valence-electron chi connectivity index (χ4n) is 6.58. The van der Waals surface area contributed by atoms with Crippen molar-refractivity contribution in [3.63, 3.8) is 0 Å². The number of anilines is 1. The SMILES string of the molecule is CN(C)[C@]1(c2ccccc2)CC[C@@]2(CC1)CN(CC(=O)Nc1cc(S(C)(=O)=O)ccn1)C(=O)N2CC1CCC1. The molecule has 39 heavy (non-hydrogen) atoms. The lowest BCUT2D eigenvalue weighted by molar-refractivity contribution is -0.116. The van der Waals surface area contributed by atoms with Crippen molar-refractivity contribution in [2.24, 2.45) is 5.92 Å². The van der Waals surface area contributed by atoms with Gasteiger partial charge in [0.15, 0.2) is 9.84 Å². The summed E-state index contributed by atoms with van der Waals surface area (Å²) in [5.74, 6) is 0.300. The third kappa shape index (κ3) is 5.41. The van der Waals surface area contributed by atoms with Crippen LogP contribution in [0.3, 0.4) is 0 Å². The Morgan fingerprint density at radius 3 is 2.38 bits per heavy atom. The van der Waals surface area contributed by atoms with Gasteiger partial charge in [0.2, 0.25) is 5.91 Å². The molecule has 1 aromatic heterocycles. The third-order valence-corrected chi connectivity index (χ3v) is 10.3. The standard InChI is InChI=1S/C29H39N5O4S/c1-32(2)29(23-10-5-4-6-11-23)15-13-28(14-16-29)21-33(27(36)34(28)19-22-8-7-9-22)20-26(35)31-25-18-24(12-17-30-25)39(3,37)38/h4-6,10-12,17-18,22H,7-9,13-16,19-21H2,1-3H3,(H,30,31,35)/t28-,29-. The van der Waals surface area contributed by atoms with Gasteiger partial charge in [0.25, 0.3) is 0 Å². The fraction of sp³-hybridized carbons (Fsp3) is 0.552. The van der Waals surface area contributed by atoms with Crippen LogP contribution in [0.15, 0.2) is 53.6 Å². The minimum Gasteiger partial charge on any atom is -0.317 e. The first-order valence-corrected chi connectivity index (χ1v) is 15.7. The molecular weight excluding hydrogens is 514 g/mol. The maximum Gasteiger partial charge on any atom is 0.321 e. The molecule has 2 aromatic rings. The monoisotopic (exact) mass is 553 g/mol. The molecule has 210 valence electrons. The van der Waals surface area contributed by atoms with Crippen molar-refractivity contribution in [3.05, 3.63) is 54.2 Å². The van der Waals surface area contributed by atoms with Crippen LogP contribution in [0.4, 0.5) is 10.6 Å². The number of benzene rings is 1. The van der Waals surface area contributed by atoms with Crippen LogP contribution in [-0.4, -0.2) is 85.6 Å². The molecule has 3 aliphatic rings. The Morgan fingerprint density at radius 2 is 1.79 bits per heavy atom. The highest BCUT2D eigenvalue weighted by Crippen LogP contribution is 2.49. The Hall–Kier alpha value is -2.98. The number of hydrogen-bond acceptors (Lipinski definition) is 6. The Kier molecular flexibility index (Phi) is 7.45. The Bertz CT molecular complexity index is 1320. The lowest BCUT2D eigenvalue weighted by atomic mass is 9.68. The normalized spacial score (nSPS) is 25.8. The predicted molar refractivity (Wildman–Crippen MR) is 150 cm³/mol. The van der Waals surface area contributed by atoms with Crippen LogP contribution in [0.1, 0.15) is 50.5 Å². The summed E-state index contributed by atoms with van der Waals surface area (Å²) in [6.45, 7) is 1.17. The van der Waals surface area contributed by atoms with E-state index in [-0.39, 0.29) is 40.3 Å². The van der Waals surface area contributed by atoms with E-state index in [1.165, 1.54) is 30.3 Å². The molecule has 5 rings (SSSR count). The molecule has 1 aromatic carbocycles. The predicted octanol–water partition coefficient (Wildman–Crippen LogP) is 3.73. The van der Waals surface area contributed by atoms with Crippen LogP contribution in [-0.2, 0) is 20.2 Å². The number of nitrogens with zero attached hydrogens (tertiary/aromatic N) is 4. The van der Waals surface area contributed by atoms with E-state index in [2.05, 4.69) is 58.5 Å². The number of carbonyl (C=O) groups is 2. The van der Waals surface area contributed by atoms with Crippen molar-refractivity contribution < 1.29 is 18.0 Å². The van der Waals surface area contributed by atoms with Crippen LogP contribution >= 0.6 is 0 Å². The second-order valence-electron chi connectivity index (χ2n) is 11.8. The fourth-order valence-corrected chi connectivity index (χ4v) is 7.21. The van der Waals surface area contributed by atoms with Gasteiger partial charge in [-0.2, -0.15) is 0 Å². The number of nitrogens with one attached hydrogen (secondary N) is 1. The van der Waals surface area contributed by atoms with E-state index in [0.717, 1.165) is 51.3 Å². The molecule has 1 N–H and O–H groups in total. The second-order valence-corrected chi connectivity index (χ2v) is 13.8. The molecule has 2 heterocycles. The molecule has 3 amide bonds. The highest BCUT2D eigenvalue weighted by molar-refractivity contribution is 7.90. The topological polar surface area (TPSA) is 103 Å². The van der Waals surface area contributed by atoms with Gasteiger partial charge in [-0.3, -0.25) is 9.69 Å². The van der Waals surface area contributed by atoms with Crippen molar-refractivity contribution in [2.45, 2.75) is 60.9 Å². The summed E-state index contributed by atoms with van der Waals surface area (Å²) < 4.78 is 23.8. The van der Waals surface area contributed by atoms with Gasteiger partial charge < -0.3 is 15.1 Å². The van der Waals surface area contributed by atoms with Gasteiger partial charge in [0.05, 0.1) is 10.4 Å². The highest BCUT2D eigenvalue weighted by Gasteiger charge is 2.55. The largest absolute Gasteiger partial charge is 0.321 e. The summed E-state index contributed by atoms with van der Waals surface area (Å²) in [4.78, 5) is 37.0. The zero-order valence-corrected chi connectivity index (χ0v) is 23.9. The van der Waals surface area contributed by atoms with Crippen molar-refractivity contribution in [1.82, 2.24) is 19.7 Å². The van der Waals surface area contributed by atoms with Crippen LogP contribution in [0, 0.1) is 5.92 Å². The number of sulfone groups is 1. The Morgan fingerprint density at radius 1 is 1.10 bits per heavy atom. The summed E-state index contributed by atoms with van der Waals surface area (Å²) >= 11 is 0. The van der Waals surface area contributed by atoms with Crippen molar-refractivity contribution >= 4 is 27.6 Å². The second kappa shape index (κ2) is 10.5. The smallest absolute Gasteiger partial charge is 0.317 e. The van der Waals surface area contributed by atoms with E-state index in [4.69, 9.17) is 0 Å². The minimum absolute atomic E-state index is 0.0769. The third-order valence-electron chi connectivity index (χ3n) is 9.16. The molecule has 1 spiro atoms. The molecule has 1 aliphatic heterocycles. The van der Waals surface area contributed by atoms with Gasteiger partial charge >= 0.3 is 6.03 Å². The van der Waals surface area contributed by atoms with E-state index in [1.807, 2.05) is 6.07 Å². The van der Waals surface area contributed by atoms with Crippen LogP contribution in [0.2, 0.25) is 0 Å². The lowest BCUT2D eigenvalue weighted by Crippen LogP contribution is -2.56. The van der Waals surface area contributed by atoms with Crippen molar-refractivity contribution in [1.29, 1.82) is 0 Å². The highest BCUT2D eigenvalue weighted by atomic mass is 32.2. The summed E-state index contributed by atoms with van der Waals surface area (Å²) in [5, 5.41) is 2.69. The molecular formula is C29H39N5O4S. The zero-order valence-electron chi connectivity index (χ0n) is 23.1. The maximum atomic E-state index is 13.8. The molecule has 2 aliphatic carbocycles. The van der Waals surface area contributed by atoms with E-state index in [0.29, 0.717) is 12.5 Å². The quantitative estimate of drug-likeness (QED) is 0.535. The van der Waals surface area contributed by atoms with Crippen LogP contribution in [0.25, 0.3) is 0 Å². The average Bonchev–Trinajstić information content (AvgIpc) is 3.11. The van der Waals surface area contributed by atoms with Crippen molar-refractivity contribution in [2.75, 3.05) is 45.3 Å². The Labute approximate surface area is 231 Å². The maximum absolute atomic E-state index is 13.8. The minimum atomic E-state index is -3.43. The van der Waals surface area contributed by atoms with Crippen LogP contribution < -0.4 is 5.32 Å². The molecule has 3 fully saturated rings. The van der Waals surface area contributed by atoms with Gasteiger partial charge in [0, 0.05) is 31.1 Å².